The minimum absolute atomic E-state index is 0.252. The largest absolute Gasteiger partial charge is 0.379 e. The molecule has 1 aromatic heterocycles. The van der Waals surface area contributed by atoms with Crippen LogP contribution >= 0.6 is 11.6 Å². The zero-order chi connectivity index (χ0) is 10.7. The van der Waals surface area contributed by atoms with Gasteiger partial charge < -0.3 is 10.1 Å². The Labute approximate surface area is 92.6 Å². The zero-order valence-corrected chi connectivity index (χ0v) is 8.83. The zero-order valence-electron chi connectivity index (χ0n) is 8.07. The van der Waals surface area contributed by atoms with Gasteiger partial charge in [-0.05, 0) is 12.5 Å². The Bertz CT molecular complexity index is 364. The summed E-state index contributed by atoms with van der Waals surface area (Å²) in [5.41, 5.74) is 1.24. The van der Waals surface area contributed by atoms with Crippen LogP contribution in [0.2, 0.25) is 5.15 Å². The maximum Gasteiger partial charge on any atom is 0.153 e. The smallest absolute Gasteiger partial charge is 0.153 e. The van der Waals surface area contributed by atoms with Crippen molar-refractivity contribution in [3.63, 3.8) is 0 Å². The molecule has 1 aliphatic heterocycles. The van der Waals surface area contributed by atoms with Crippen LogP contribution in [0, 0.1) is 0 Å². The van der Waals surface area contributed by atoms with Crippen molar-refractivity contribution >= 4 is 23.6 Å². The molecule has 0 spiro atoms. The van der Waals surface area contributed by atoms with Crippen molar-refractivity contribution in [3.8, 4) is 0 Å². The third kappa shape index (κ3) is 2.46. The van der Waals surface area contributed by atoms with Crippen LogP contribution in [0.4, 0.5) is 5.69 Å². The number of aromatic nitrogens is 1. The number of nitrogens with zero attached hydrogens (tertiary/aromatic N) is 1. The summed E-state index contributed by atoms with van der Waals surface area (Å²) >= 11 is 5.76. The molecule has 1 N–H and O–H groups in total. The van der Waals surface area contributed by atoms with Crippen LogP contribution in [0.3, 0.4) is 0 Å². The van der Waals surface area contributed by atoms with E-state index < -0.39 is 0 Å². The van der Waals surface area contributed by atoms with Crippen molar-refractivity contribution < 1.29 is 9.53 Å². The molecule has 5 heteroatoms. The second-order valence-corrected chi connectivity index (χ2v) is 3.80. The fourth-order valence-electron chi connectivity index (χ4n) is 1.53. The van der Waals surface area contributed by atoms with Crippen molar-refractivity contribution in [1.29, 1.82) is 0 Å². The lowest BCUT2D eigenvalue weighted by Gasteiger charge is -2.13. The summed E-state index contributed by atoms with van der Waals surface area (Å²) in [4.78, 5) is 14.6. The normalized spacial score (nSPS) is 20.2. The Hall–Kier alpha value is -1.13. The highest BCUT2D eigenvalue weighted by Crippen LogP contribution is 2.20. The molecule has 1 saturated heterocycles. The first-order valence-corrected chi connectivity index (χ1v) is 5.12. The third-order valence-electron chi connectivity index (χ3n) is 2.32. The van der Waals surface area contributed by atoms with Crippen LogP contribution in [-0.2, 0) is 4.74 Å². The summed E-state index contributed by atoms with van der Waals surface area (Å²) in [5, 5.41) is 3.60. The number of hydrogen-bond donors (Lipinski definition) is 1. The molecule has 80 valence electrons. The van der Waals surface area contributed by atoms with Gasteiger partial charge in [0.05, 0.1) is 18.2 Å². The lowest BCUT2D eigenvalue weighted by molar-refractivity contribution is 0.112. The molecule has 2 rings (SSSR count). The molecule has 2 heterocycles. The Balaban J connectivity index is 2.17. The summed E-state index contributed by atoms with van der Waals surface area (Å²) in [6.07, 6.45) is 3.17. The number of anilines is 1. The Morgan fingerprint density at radius 1 is 1.67 bits per heavy atom. The van der Waals surface area contributed by atoms with E-state index in [1.807, 2.05) is 0 Å². The third-order valence-corrected chi connectivity index (χ3v) is 2.52. The number of carbonyl (C=O) groups is 1. The molecule has 1 aliphatic rings. The van der Waals surface area contributed by atoms with Crippen LogP contribution in [0.5, 0.6) is 0 Å². The first-order valence-electron chi connectivity index (χ1n) is 4.74. The van der Waals surface area contributed by atoms with Gasteiger partial charge in [0.2, 0.25) is 0 Å². The number of nitrogens with one attached hydrogen (secondary N) is 1. The topological polar surface area (TPSA) is 51.2 Å². The van der Waals surface area contributed by atoms with E-state index in [9.17, 15) is 4.79 Å². The predicted molar refractivity (Wildman–Crippen MR) is 57.5 cm³/mol. The van der Waals surface area contributed by atoms with E-state index in [0.29, 0.717) is 17.3 Å². The number of rotatable bonds is 3. The molecule has 0 unspecified atom stereocenters. The fourth-order valence-corrected chi connectivity index (χ4v) is 1.69. The SMILES string of the molecule is O=Cc1cnc(Cl)cc1N[C@H]1CCOC1. The summed E-state index contributed by atoms with van der Waals surface area (Å²) in [6, 6.07) is 1.91. The van der Waals surface area contributed by atoms with Gasteiger partial charge in [-0.1, -0.05) is 11.6 Å². The van der Waals surface area contributed by atoms with E-state index in [2.05, 4.69) is 10.3 Å². The van der Waals surface area contributed by atoms with Gasteiger partial charge >= 0.3 is 0 Å². The highest BCUT2D eigenvalue weighted by atomic mass is 35.5. The number of ether oxygens (including phenoxy) is 1. The Kier molecular flexibility index (Phi) is 3.18. The first-order chi connectivity index (χ1) is 7.29. The minimum Gasteiger partial charge on any atom is -0.379 e. The Morgan fingerprint density at radius 2 is 2.53 bits per heavy atom. The van der Waals surface area contributed by atoms with E-state index in [1.54, 1.807) is 6.07 Å². The molecule has 0 saturated carbocycles. The van der Waals surface area contributed by atoms with Crippen LogP contribution in [0.1, 0.15) is 16.8 Å². The fraction of sp³-hybridized carbons (Fsp3) is 0.400. The molecule has 0 bridgehead atoms. The van der Waals surface area contributed by atoms with Crippen LogP contribution in [0.25, 0.3) is 0 Å². The number of hydrogen-bond acceptors (Lipinski definition) is 4. The first kappa shape index (κ1) is 10.4. The maximum atomic E-state index is 10.8. The molecule has 1 fully saturated rings. The molecule has 0 aliphatic carbocycles. The van der Waals surface area contributed by atoms with E-state index in [0.717, 1.165) is 25.0 Å². The van der Waals surface area contributed by atoms with Crippen molar-refractivity contribution in [2.45, 2.75) is 12.5 Å². The highest BCUT2D eigenvalue weighted by Gasteiger charge is 2.16. The molecule has 0 radical (unpaired) electrons. The number of aldehydes is 1. The van der Waals surface area contributed by atoms with Gasteiger partial charge in [-0.25, -0.2) is 4.98 Å². The van der Waals surface area contributed by atoms with Gasteiger partial charge in [-0.15, -0.1) is 0 Å². The molecule has 1 aromatic rings. The van der Waals surface area contributed by atoms with Gasteiger partial charge in [0.15, 0.2) is 6.29 Å². The summed E-state index contributed by atoms with van der Waals surface area (Å²) in [6.45, 7) is 1.42. The summed E-state index contributed by atoms with van der Waals surface area (Å²) in [5.74, 6) is 0. The van der Waals surface area contributed by atoms with Crippen LogP contribution in [-0.4, -0.2) is 30.5 Å². The van der Waals surface area contributed by atoms with Gasteiger partial charge in [-0.2, -0.15) is 0 Å². The van der Waals surface area contributed by atoms with E-state index in [4.69, 9.17) is 16.3 Å². The molecule has 4 nitrogen and oxygen atoms in total. The van der Waals surface area contributed by atoms with Crippen molar-refractivity contribution in [1.82, 2.24) is 4.98 Å². The maximum absolute atomic E-state index is 10.8. The standard InChI is InChI=1S/C10H11ClN2O2/c11-10-3-9(7(5-14)4-12-10)13-8-1-2-15-6-8/h3-5,8H,1-2,6H2,(H,12,13)/t8-/m0/s1. The summed E-state index contributed by atoms with van der Waals surface area (Å²) < 4.78 is 5.23. The average Bonchev–Trinajstić information content (AvgIpc) is 2.71. The van der Waals surface area contributed by atoms with Gasteiger partial charge in [0.1, 0.15) is 5.15 Å². The molecule has 15 heavy (non-hydrogen) atoms. The average molecular weight is 227 g/mol. The Morgan fingerprint density at radius 3 is 3.20 bits per heavy atom. The van der Waals surface area contributed by atoms with E-state index in [-0.39, 0.29) is 6.04 Å². The monoisotopic (exact) mass is 226 g/mol. The molecule has 0 aromatic carbocycles. The van der Waals surface area contributed by atoms with Crippen molar-refractivity contribution in [2.24, 2.45) is 0 Å². The van der Waals surface area contributed by atoms with Crippen LogP contribution in [0.15, 0.2) is 12.3 Å². The molecule has 1 atom stereocenters. The molecule has 0 amide bonds. The van der Waals surface area contributed by atoms with Gasteiger partial charge in [0, 0.05) is 18.5 Å². The second kappa shape index (κ2) is 4.59. The van der Waals surface area contributed by atoms with Crippen molar-refractivity contribution in [2.75, 3.05) is 18.5 Å². The minimum atomic E-state index is 0.252. The predicted octanol–water partition coefficient (Wildman–Crippen LogP) is 1.75. The van der Waals surface area contributed by atoms with E-state index >= 15 is 0 Å². The van der Waals surface area contributed by atoms with E-state index in [1.165, 1.54) is 6.20 Å². The number of pyridine rings is 1. The molecular weight excluding hydrogens is 216 g/mol. The summed E-state index contributed by atoms with van der Waals surface area (Å²) in [7, 11) is 0. The number of carbonyl (C=O) groups excluding carboxylic acids is 1. The lowest BCUT2D eigenvalue weighted by Crippen LogP contribution is -2.19. The van der Waals surface area contributed by atoms with Crippen molar-refractivity contribution in [3.05, 3.63) is 23.0 Å². The second-order valence-electron chi connectivity index (χ2n) is 3.42. The highest BCUT2D eigenvalue weighted by molar-refractivity contribution is 6.29. The quantitative estimate of drug-likeness (QED) is 0.630. The van der Waals surface area contributed by atoms with Gasteiger partial charge in [0.25, 0.3) is 0 Å². The lowest BCUT2D eigenvalue weighted by atomic mass is 10.2. The number of halogens is 1. The van der Waals surface area contributed by atoms with Crippen LogP contribution < -0.4 is 5.32 Å². The van der Waals surface area contributed by atoms with Gasteiger partial charge in [-0.3, -0.25) is 4.79 Å². The molecular formula is C10H11ClN2O2.